The number of nitrogens with zero attached hydrogens (tertiary/aromatic N) is 2. The number of carbonyl (C=O) groups is 1. The van der Waals surface area contributed by atoms with Gasteiger partial charge in [-0.2, -0.15) is 0 Å². The van der Waals surface area contributed by atoms with E-state index in [2.05, 4.69) is 5.32 Å². The lowest BCUT2D eigenvalue weighted by Gasteiger charge is -2.15. The highest BCUT2D eigenvalue weighted by Gasteiger charge is 2.24. The van der Waals surface area contributed by atoms with Crippen LogP contribution < -0.4 is 21.3 Å². The van der Waals surface area contributed by atoms with E-state index in [1.165, 1.54) is 25.3 Å². The third-order valence-electron chi connectivity index (χ3n) is 6.21. The summed E-state index contributed by atoms with van der Waals surface area (Å²) in [6, 6.07) is 6.95. The van der Waals surface area contributed by atoms with Gasteiger partial charge < -0.3 is 10.1 Å². The molecule has 7 nitrogen and oxygen atoms in total. The van der Waals surface area contributed by atoms with E-state index in [4.69, 9.17) is 4.74 Å². The molecule has 33 heavy (non-hydrogen) atoms. The summed E-state index contributed by atoms with van der Waals surface area (Å²) in [4.78, 5) is 41.8. The molecular formula is C25H31N3O4S. The van der Waals surface area contributed by atoms with Gasteiger partial charge in [0.15, 0.2) is 0 Å². The average molecular weight is 470 g/mol. The normalized spacial score (nSPS) is 14.5. The number of rotatable bonds is 7. The van der Waals surface area contributed by atoms with Crippen LogP contribution in [0, 0.1) is 0 Å². The summed E-state index contributed by atoms with van der Waals surface area (Å²) in [6.07, 6.45) is 5.76. The highest BCUT2D eigenvalue weighted by Crippen LogP contribution is 2.33. The standard InChI is InChI=1S/C25H31N3O4S/c1-4-16(3)26-21(29)15-27-24-22(19-9-7-6-8-10-20(19)33-24)23(30)28(25(27)31)17-11-13-18(14-12-17)32-5-2/h11-14,16H,4-10,15H2,1-3H3,(H,26,29). The molecule has 0 radical (unpaired) electrons. The summed E-state index contributed by atoms with van der Waals surface area (Å²) in [5.41, 5.74) is 0.720. The van der Waals surface area contributed by atoms with E-state index in [1.807, 2.05) is 20.8 Å². The Labute approximate surface area is 197 Å². The molecule has 1 amide bonds. The largest absolute Gasteiger partial charge is 0.494 e. The molecule has 1 N–H and O–H groups in total. The first-order valence-corrected chi connectivity index (χ1v) is 12.6. The van der Waals surface area contributed by atoms with E-state index in [-0.39, 0.29) is 24.1 Å². The SMILES string of the molecule is CCOc1ccc(-n2c(=O)c3c4c(sc3n(CC(=O)NC(C)CC)c2=O)CCCCC4)cc1. The first kappa shape index (κ1) is 23.3. The third-order valence-corrected chi connectivity index (χ3v) is 7.53. The number of nitrogens with one attached hydrogen (secondary N) is 1. The van der Waals surface area contributed by atoms with E-state index in [9.17, 15) is 14.4 Å². The first-order chi connectivity index (χ1) is 15.9. The second-order valence-electron chi connectivity index (χ2n) is 8.56. The molecule has 8 heteroatoms. The predicted octanol–water partition coefficient (Wildman–Crippen LogP) is 3.80. The maximum absolute atomic E-state index is 13.7. The molecule has 1 atom stereocenters. The quantitative estimate of drug-likeness (QED) is 0.534. The smallest absolute Gasteiger partial charge is 0.337 e. The van der Waals surface area contributed by atoms with Gasteiger partial charge in [-0.15, -0.1) is 11.3 Å². The topological polar surface area (TPSA) is 82.3 Å². The number of ether oxygens (including phenoxy) is 1. The van der Waals surface area contributed by atoms with Crippen molar-refractivity contribution < 1.29 is 9.53 Å². The Bertz CT molecular complexity index is 1270. The van der Waals surface area contributed by atoms with Crippen molar-refractivity contribution in [1.29, 1.82) is 0 Å². The molecule has 1 aliphatic rings. The Morgan fingerprint density at radius 3 is 2.55 bits per heavy atom. The van der Waals surface area contributed by atoms with Crippen LogP contribution in [0.15, 0.2) is 33.9 Å². The Hall–Kier alpha value is -2.87. The summed E-state index contributed by atoms with van der Waals surface area (Å²) in [5.74, 6) is 0.446. The molecule has 2 aromatic heterocycles. The summed E-state index contributed by atoms with van der Waals surface area (Å²) in [6.45, 7) is 6.25. The lowest BCUT2D eigenvalue weighted by atomic mass is 10.1. The van der Waals surface area contributed by atoms with Crippen molar-refractivity contribution in [1.82, 2.24) is 14.5 Å². The molecule has 0 aliphatic heterocycles. The van der Waals surface area contributed by atoms with Crippen molar-refractivity contribution >= 4 is 27.5 Å². The lowest BCUT2D eigenvalue weighted by molar-refractivity contribution is -0.122. The Morgan fingerprint density at radius 2 is 1.85 bits per heavy atom. The van der Waals surface area contributed by atoms with Gasteiger partial charge in [0.05, 0.1) is 17.7 Å². The fourth-order valence-electron chi connectivity index (χ4n) is 4.34. The summed E-state index contributed by atoms with van der Waals surface area (Å²) in [7, 11) is 0. The van der Waals surface area contributed by atoms with Crippen LogP contribution in [-0.4, -0.2) is 27.7 Å². The van der Waals surface area contributed by atoms with Gasteiger partial charge in [0.1, 0.15) is 17.1 Å². The number of aryl methyl sites for hydroxylation is 2. The molecule has 1 unspecified atom stereocenters. The molecule has 176 valence electrons. The highest BCUT2D eigenvalue weighted by atomic mass is 32.1. The maximum Gasteiger partial charge on any atom is 0.337 e. The Kier molecular flexibility index (Phi) is 7.02. The summed E-state index contributed by atoms with van der Waals surface area (Å²) >= 11 is 1.50. The van der Waals surface area contributed by atoms with Crippen molar-refractivity contribution in [2.24, 2.45) is 0 Å². The van der Waals surface area contributed by atoms with Crippen molar-refractivity contribution in [2.75, 3.05) is 6.61 Å². The molecule has 0 saturated heterocycles. The van der Waals surface area contributed by atoms with Crippen molar-refractivity contribution in [3.05, 3.63) is 55.5 Å². The number of carbonyl (C=O) groups excluding carboxylic acids is 1. The fraction of sp³-hybridized carbons (Fsp3) is 0.480. The van der Waals surface area contributed by atoms with Crippen LogP contribution in [-0.2, 0) is 24.2 Å². The van der Waals surface area contributed by atoms with Gasteiger partial charge >= 0.3 is 5.69 Å². The molecule has 3 aromatic rings. The number of fused-ring (bicyclic) bond motifs is 3. The molecule has 2 heterocycles. The van der Waals surface area contributed by atoms with Gasteiger partial charge in [-0.05, 0) is 75.8 Å². The van der Waals surface area contributed by atoms with Gasteiger partial charge in [-0.3, -0.25) is 14.2 Å². The third kappa shape index (κ3) is 4.62. The lowest BCUT2D eigenvalue weighted by Crippen LogP contribution is -2.42. The Morgan fingerprint density at radius 1 is 1.12 bits per heavy atom. The minimum atomic E-state index is -0.493. The van der Waals surface area contributed by atoms with E-state index in [0.717, 1.165) is 44.1 Å². The molecule has 1 aromatic carbocycles. The van der Waals surface area contributed by atoms with Gasteiger partial charge in [0, 0.05) is 10.9 Å². The van der Waals surface area contributed by atoms with Gasteiger partial charge in [0.25, 0.3) is 5.56 Å². The van der Waals surface area contributed by atoms with Crippen LogP contribution in [0.5, 0.6) is 5.75 Å². The van der Waals surface area contributed by atoms with Crippen LogP contribution in [0.2, 0.25) is 0 Å². The minimum Gasteiger partial charge on any atom is -0.494 e. The molecule has 0 saturated carbocycles. The maximum atomic E-state index is 13.7. The predicted molar refractivity (Wildman–Crippen MR) is 132 cm³/mol. The van der Waals surface area contributed by atoms with Crippen molar-refractivity contribution in [3.8, 4) is 11.4 Å². The van der Waals surface area contributed by atoms with Crippen LogP contribution >= 0.6 is 11.3 Å². The molecule has 1 aliphatic carbocycles. The van der Waals surface area contributed by atoms with Crippen molar-refractivity contribution in [3.63, 3.8) is 0 Å². The first-order valence-electron chi connectivity index (χ1n) is 11.8. The molecule has 0 fully saturated rings. The molecule has 0 spiro atoms. The zero-order valence-electron chi connectivity index (χ0n) is 19.5. The van der Waals surface area contributed by atoms with Crippen LogP contribution in [0.4, 0.5) is 0 Å². The number of amides is 1. The van der Waals surface area contributed by atoms with E-state index >= 15 is 0 Å². The van der Waals surface area contributed by atoms with E-state index in [1.54, 1.807) is 24.3 Å². The second kappa shape index (κ2) is 9.95. The highest BCUT2D eigenvalue weighted by molar-refractivity contribution is 7.18. The van der Waals surface area contributed by atoms with E-state index < -0.39 is 5.69 Å². The minimum absolute atomic E-state index is 0.0146. The second-order valence-corrected chi connectivity index (χ2v) is 9.64. The Balaban J connectivity index is 1.92. The monoisotopic (exact) mass is 469 g/mol. The number of hydrogen-bond donors (Lipinski definition) is 1. The average Bonchev–Trinajstić information content (AvgIpc) is 3.00. The zero-order valence-corrected chi connectivity index (χ0v) is 20.3. The number of benzene rings is 1. The number of thiophene rings is 1. The summed E-state index contributed by atoms with van der Waals surface area (Å²) in [5, 5.41) is 3.52. The number of aromatic nitrogens is 2. The molecule has 4 rings (SSSR count). The van der Waals surface area contributed by atoms with Crippen LogP contribution in [0.3, 0.4) is 0 Å². The van der Waals surface area contributed by atoms with Gasteiger partial charge in [0.2, 0.25) is 5.91 Å². The molecular weight excluding hydrogens is 438 g/mol. The zero-order chi connectivity index (χ0) is 23.5. The van der Waals surface area contributed by atoms with Gasteiger partial charge in [-0.25, -0.2) is 9.36 Å². The molecule has 0 bridgehead atoms. The summed E-state index contributed by atoms with van der Waals surface area (Å²) < 4.78 is 8.18. The number of hydrogen-bond acceptors (Lipinski definition) is 5. The van der Waals surface area contributed by atoms with Crippen LogP contribution in [0.1, 0.15) is 56.9 Å². The van der Waals surface area contributed by atoms with Crippen molar-refractivity contribution in [2.45, 2.75) is 71.9 Å². The fourth-order valence-corrected chi connectivity index (χ4v) is 5.71. The van der Waals surface area contributed by atoms with Gasteiger partial charge in [-0.1, -0.05) is 13.3 Å². The van der Waals surface area contributed by atoms with Crippen LogP contribution in [0.25, 0.3) is 15.9 Å². The van der Waals surface area contributed by atoms with E-state index in [0.29, 0.717) is 28.3 Å².